The van der Waals surface area contributed by atoms with Gasteiger partial charge >= 0.3 is 0 Å². The highest BCUT2D eigenvalue weighted by atomic mass is 14.8. The van der Waals surface area contributed by atoms with Crippen LogP contribution in [0.2, 0.25) is 0 Å². The van der Waals surface area contributed by atoms with Crippen LogP contribution >= 0.6 is 0 Å². The zero-order valence-electron chi connectivity index (χ0n) is 17.1. The Morgan fingerprint density at radius 2 is 1.00 bits per heavy atom. The highest BCUT2D eigenvalue weighted by Crippen LogP contribution is 2.30. The maximum atomic E-state index is 5.12. The van der Waals surface area contributed by atoms with Gasteiger partial charge in [0.2, 0.25) is 0 Å². The lowest BCUT2D eigenvalue weighted by Crippen LogP contribution is -2.24. The molecular weight excluding hydrogens is 362 g/mol. The summed E-state index contributed by atoms with van der Waals surface area (Å²) in [6, 6.07) is 31.3. The Hall–Kier alpha value is -3.65. The highest BCUT2D eigenvalue weighted by molar-refractivity contribution is 6.50. The van der Waals surface area contributed by atoms with Crippen molar-refractivity contribution in [2.24, 2.45) is 0 Å². The summed E-state index contributed by atoms with van der Waals surface area (Å²) < 4.78 is 0. The van der Waals surface area contributed by atoms with Crippen molar-refractivity contribution < 1.29 is 0 Å². The normalized spacial score (nSPS) is 10.9. The van der Waals surface area contributed by atoms with E-state index in [-0.39, 0.29) is 0 Å². The van der Waals surface area contributed by atoms with Gasteiger partial charge in [-0.2, -0.15) is 0 Å². The molecule has 4 aromatic carbocycles. The lowest BCUT2D eigenvalue weighted by Gasteiger charge is -2.19. The average molecular weight is 382 g/mol. The van der Waals surface area contributed by atoms with Gasteiger partial charge in [0.05, 0.1) is 22.9 Å². The first-order valence-electron chi connectivity index (χ1n) is 10.2. The van der Waals surface area contributed by atoms with E-state index in [1.165, 1.54) is 22.1 Å². The summed E-state index contributed by atoms with van der Waals surface area (Å²) in [4.78, 5) is 10.0. The SMILES string of the molecule is Bc1c(-c2ccccc2)c(B)c2ncc(-c3ccccc3)nc2c1-c1ccccc1. The van der Waals surface area contributed by atoms with Crippen LogP contribution in [-0.2, 0) is 0 Å². The predicted octanol–water partition coefficient (Wildman–Crippen LogP) is 3.15. The van der Waals surface area contributed by atoms with Gasteiger partial charge in [-0.05, 0) is 16.7 Å². The van der Waals surface area contributed by atoms with Crippen molar-refractivity contribution in [3.63, 3.8) is 0 Å². The number of rotatable bonds is 3. The van der Waals surface area contributed by atoms with Crippen molar-refractivity contribution >= 4 is 37.7 Å². The first-order chi connectivity index (χ1) is 14.7. The number of nitrogens with zero attached hydrogens (tertiary/aromatic N) is 2. The molecule has 0 unspecified atom stereocenters. The van der Waals surface area contributed by atoms with Crippen molar-refractivity contribution in [2.45, 2.75) is 0 Å². The molecule has 1 heterocycles. The van der Waals surface area contributed by atoms with Gasteiger partial charge in [-0.3, -0.25) is 4.98 Å². The molecule has 0 aliphatic heterocycles. The molecule has 0 saturated carbocycles. The molecule has 0 radical (unpaired) electrons. The minimum Gasteiger partial charge on any atom is -0.253 e. The summed E-state index contributed by atoms with van der Waals surface area (Å²) in [6.07, 6.45) is 1.89. The quantitative estimate of drug-likeness (QED) is 0.448. The van der Waals surface area contributed by atoms with E-state index in [0.29, 0.717) is 0 Å². The standard InChI is InChI=1S/C26H20B2N2/c27-23-21(18-12-6-2-7-13-18)24(28)26-25(22(23)19-14-8-3-9-15-19)30-20(16-29-26)17-10-4-1-5-11-17/h1-16H,27-28H2. The Morgan fingerprint density at radius 1 is 0.500 bits per heavy atom. The summed E-state index contributed by atoms with van der Waals surface area (Å²) in [6.45, 7) is 0. The molecule has 1 aromatic heterocycles. The first-order valence-corrected chi connectivity index (χ1v) is 10.2. The Balaban J connectivity index is 1.88. The minimum absolute atomic E-state index is 0.895. The molecule has 0 atom stereocenters. The average Bonchev–Trinajstić information content (AvgIpc) is 2.81. The third-order valence-corrected chi connectivity index (χ3v) is 5.68. The Bertz CT molecular complexity index is 1340. The predicted molar refractivity (Wildman–Crippen MR) is 132 cm³/mol. The minimum atomic E-state index is 0.895. The second kappa shape index (κ2) is 7.64. The topological polar surface area (TPSA) is 25.8 Å². The van der Waals surface area contributed by atoms with E-state index >= 15 is 0 Å². The molecular formula is C26H20B2N2. The van der Waals surface area contributed by atoms with Crippen LogP contribution in [0.25, 0.3) is 44.5 Å². The van der Waals surface area contributed by atoms with Crippen molar-refractivity contribution in [1.29, 1.82) is 0 Å². The second-order valence-corrected chi connectivity index (χ2v) is 7.55. The van der Waals surface area contributed by atoms with E-state index in [4.69, 9.17) is 9.97 Å². The fraction of sp³-hybridized carbons (Fsp3) is 0. The lowest BCUT2D eigenvalue weighted by molar-refractivity contribution is 1.30. The van der Waals surface area contributed by atoms with Crippen LogP contribution < -0.4 is 10.9 Å². The van der Waals surface area contributed by atoms with Crippen LogP contribution in [-0.4, -0.2) is 25.7 Å². The van der Waals surface area contributed by atoms with Gasteiger partial charge in [-0.25, -0.2) is 4.98 Å². The number of hydrogen-bond donors (Lipinski definition) is 0. The van der Waals surface area contributed by atoms with E-state index in [9.17, 15) is 0 Å². The molecule has 4 heteroatoms. The molecule has 0 spiro atoms. The molecule has 0 aliphatic rings. The van der Waals surface area contributed by atoms with E-state index < -0.39 is 0 Å². The van der Waals surface area contributed by atoms with E-state index in [1.807, 2.05) is 30.5 Å². The second-order valence-electron chi connectivity index (χ2n) is 7.55. The monoisotopic (exact) mass is 382 g/mol. The Kier molecular flexibility index (Phi) is 4.68. The molecule has 30 heavy (non-hydrogen) atoms. The summed E-state index contributed by atoms with van der Waals surface area (Å²) in [5.41, 5.74) is 11.0. The maximum absolute atomic E-state index is 5.12. The molecule has 0 amide bonds. The van der Waals surface area contributed by atoms with E-state index in [2.05, 4.69) is 82.4 Å². The molecule has 0 bridgehead atoms. The zero-order valence-corrected chi connectivity index (χ0v) is 17.1. The largest absolute Gasteiger partial charge is 0.253 e. The maximum Gasteiger partial charge on any atom is 0.143 e. The van der Waals surface area contributed by atoms with Crippen molar-refractivity contribution in [3.05, 3.63) is 97.2 Å². The molecule has 0 aliphatic carbocycles. The first kappa shape index (κ1) is 18.4. The number of hydrogen-bond acceptors (Lipinski definition) is 2. The van der Waals surface area contributed by atoms with Gasteiger partial charge in [0.15, 0.2) is 0 Å². The smallest absolute Gasteiger partial charge is 0.143 e. The van der Waals surface area contributed by atoms with Crippen LogP contribution in [0.3, 0.4) is 0 Å². The van der Waals surface area contributed by atoms with E-state index in [1.54, 1.807) is 0 Å². The number of aromatic nitrogens is 2. The molecule has 2 nitrogen and oxygen atoms in total. The summed E-state index contributed by atoms with van der Waals surface area (Å²) in [5.74, 6) is 0. The molecule has 0 N–H and O–H groups in total. The summed E-state index contributed by atoms with van der Waals surface area (Å²) in [7, 11) is 4.36. The van der Waals surface area contributed by atoms with Crippen LogP contribution in [0.1, 0.15) is 0 Å². The van der Waals surface area contributed by atoms with Gasteiger partial charge in [0, 0.05) is 11.1 Å². The van der Waals surface area contributed by atoms with Gasteiger partial charge in [0.1, 0.15) is 15.7 Å². The number of benzene rings is 4. The molecule has 5 rings (SSSR count). The van der Waals surface area contributed by atoms with Gasteiger partial charge in [-0.15, -0.1) is 0 Å². The van der Waals surface area contributed by atoms with Crippen molar-refractivity contribution in [2.75, 3.05) is 0 Å². The molecule has 0 fully saturated rings. The fourth-order valence-corrected chi connectivity index (χ4v) is 4.28. The van der Waals surface area contributed by atoms with Crippen molar-refractivity contribution in [3.8, 4) is 33.5 Å². The van der Waals surface area contributed by atoms with Crippen LogP contribution in [0.5, 0.6) is 0 Å². The Labute approximate surface area is 178 Å². The molecule has 5 aromatic rings. The number of fused-ring (bicyclic) bond motifs is 1. The van der Waals surface area contributed by atoms with Crippen molar-refractivity contribution in [1.82, 2.24) is 9.97 Å². The van der Waals surface area contributed by atoms with Crippen LogP contribution in [0.4, 0.5) is 0 Å². The van der Waals surface area contributed by atoms with Gasteiger partial charge in [0.25, 0.3) is 0 Å². The van der Waals surface area contributed by atoms with Gasteiger partial charge in [-0.1, -0.05) is 102 Å². The summed E-state index contributed by atoms with van der Waals surface area (Å²) in [5, 5.41) is 0. The highest BCUT2D eigenvalue weighted by Gasteiger charge is 2.19. The summed E-state index contributed by atoms with van der Waals surface area (Å²) >= 11 is 0. The third kappa shape index (κ3) is 3.11. The molecule has 140 valence electrons. The fourth-order valence-electron chi connectivity index (χ4n) is 4.28. The van der Waals surface area contributed by atoms with Crippen LogP contribution in [0, 0.1) is 0 Å². The third-order valence-electron chi connectivity index (χ3n) is 5.68. The lowest BCUT2D eigenvalue weighted by atomic mass is 9.73. The van der Waals surface area contributed by atoms with Gasteiger partial charge < -0.3 is 0 Å². The van der Waals surface area contributed by atoms with E-state index in [0.717, 1.165) is 33.4 Å². The Morgan fingerprint density at radius 3 is 1.57 bits per heavy atom. The molecule has 0 saturated heterocycles. The zero-order chi connectivity index (χ0) is 20.5. The van der Waals surface area contributed by atoms with Crippen LogP contribution in [0.15, 0.2) is 97.2 Å².